The van der Waals surface area contributed by atoms with Gasteiger partial charge in [-0.05, 0) is 36.1 Å². The lowest BCUT2D eigenvalue weighted by atomic mass is 10.1. The van der Waals surface area contributed by atoms with E-state index in [-0.39, 0.29) is 18.5 Å². The first-order valence-electron chi connectivity index (χ1n) is 7.98. The molecule has 1 aromatic carbocycles. The molecule has 0 aliphatic heterocycles. The van der Waals surface area contributed by atoms with Gasteiger partial charge in [0.25, 0.3) is 0 Å². The molecule has 1 unspecified atom stereocenters. The fourth-order valence-electron chi connectivity index (χ4n) is 2.06. The standard InChI is InChI=1S/C18H23ClN4OS/c1-13(14-6-8-15(19)9-7-14)22-18(21-12-17(24)23(2)3)20-11-16-5-4-10-25-16/h4-10,13H,11-12H2,1-3H3,(H2,20,21,22). The minimum atomic E-state index is -0.0450. The van der Waals surface area contributed by atoms with E-state index in [2.05, 4.69) is 21.7 Å². The molecule has 0 fully saturated rings. The summed E-state index contributed by atoms with van der Waals surface area (Å²) in [7, 11) is 3.45. The van der Waals surface area contributed by atoms with Crippen molar-refractivity contribution in [2.75, 3.05) is 20.6 Å². The third-order valence-electron chi connectivity index (χ3n) is 3.60. The number of carbonyl (C=O) groups is 1. The zero-order valence-electron chi connectivity index (χ0n) is 14.6. The maximum Gasteiger partial charge on any atom is 0.243 e. The van der Waals surface area contributed by atoms with Crippen LogP contribution in [0.5, 0.6) is 0 Å². The molecule has 5 nitrogen and oxygen atoms in total. The van der Waals surface area contributed by atoms with Crippen LogP contribution in [-0.2, 0) is 11.3 Å². The van der Waals surface area contributed by atoms with E-state index in [0.29, 0.717) is 17.5 Å². The predicted octanol–water partition coefficient (Wildman–Crippen LogP) is 3.29. The number of nitrogens with one attached hydrogen (secondary N) is 2. The van der Waals surface area contributed by atoms with Crippen molar-refractivity contribution in [2.24, 2.45) is 4.99 Å². The highest BCUT2D eigenvalue weighted by Gasteiger charge is 2.10. The number of likely N-dealkylation sites (N-methyl/N-ethyl adjacent to an activating group) is 1. The molecule has 0 spiro atoms. The highest BCUT2D eigenvalue weighted by atomic mass is 35.5. The quantitative estimate of drug-likeness (QED) is 0.599. The summed E-state index contributed by atoms with van der Waals surface area (Å²) in [5.41, 5.74) is 1.09. The van der Waals surface area contributed by atoms with Crippen molar-refractivity contribution in [3.8, 4) is 0 Å². The minimum absolute atomic E-state index is 0.0290. The molecule has 0 saturated carbocycles. The smallest absolute Gasteiger partial charge is 0.243 e. The third-order valence-corrected chi connectivity index (χ3v) is 4.73. The van der Waals surface area contributed by atoms with Gasteiger partial charge in [-0.3, -0.25) is 4.79 Å². The summed E-state index contributed by atoms with van der Waals surface area (Å²) in [4.78, 5) is 19.0. The van der Waals surface area contributed by atoms with Crippen LogP contribution in [0.25, 0.3) is 0 Å². The molecule has 2 N–H and O–H groups in total. The van der Waals surface area contributed by atoms with Crippen LogP contribution in [0.1, 0.15) is 23.4 Å². The number of guanidine groups is 1. The van der Waals surface area contributed by atoms with Crippen LogP contribution < -0.4 is 10.6 Å². The number of benzene rings is 1. The molecule has 134 valence electrons. The second kappa shape index (κ2) is 9.44. The summed E-state index contributed by atoms with van der Waals surface area (Å²) in [6.07, 6.45) is 0. The molecule has 1 atom stereocenters. The van der Waals surface area contributed by atoms with Gasteiger partial charge in [0.05, 0.1) is 12.6 Å². The molecular formula is C18H23ClN4OS. The Hall–Kier alpha value is -2.05. The highest BCUT2D eigenvalue weighted by Crippen LogP contribution is 2.16. The number of hydrogen-bond donors (Lipinski definition) is 2. The maximum atomic E-state index is 11.8. The second-order valence-corrected chi connectivity index (χ2v) is 7.27. The largest absolute Gasteiger partial charge is 0.351 e. The van der Waals surface area contributed by atoms with E-state index in [0.717, 1.165) is 5.56 Å². The summed E-state index contributed by atoms with van der Waals surface area (Å²) in [5.74, 6) is 0.558. The van der Waals surface area contributed by atoms with Gasteiger partial charge in [-0.1, -0.05) is 29.8 Å². The lowest BCUT2D eigenvalue weighted by molar-refractivity contribution is -0.127. The number of aliphatic imine (C=N–C) groups is 1. The molecular weight excluding hydrogens is 356 g/mol. The molecule has 0 aliphatic rings. The molecule has 2 rings (SSSR count). The van der Waals surface area contributed by atoms with E-state index < -0.39 is 0 Å². The van der Waals surface area contributed by atoms with E-state index in [9.17, 15) is 4.79 Å². The minimum Gasteiger partial charge on any atom is -0.351 e. The molecule has 0 aliphatic carbocycles. The molecule has 2 aromatic rings. The number of rotatable bonds is 6. The highest BCUT2D eigenvalue weighted by molar-refractivity contribution is 7.09. The van der Waals surface area contributed by atoms with Crippen LogP contribution in [0.3, 0.4) is 0 Å². The van der Waals surface area contributed by atoms with Gasteiger partial charge in [-0.25, -0.2) is 4.99 Å². The number of thiophene rings is 1. The van der Waals surface area contributed by atoms with E-state index in [1.54, 1.807) is 25.4 Å². The molecule has 1 amide bonds. The molecule has 1 heterocycles. The van der Waals surface area contributed by atoms with Gasteiger partial charge in [-0.15, -0.1) is 11.3 Å². The molecule has 0 radical (unpaired) electrons. The first kappa shape index (κ1) is 19.3. The van der Waals surface area contributed by atoms with Gasteiger partial charge >= 0.3 is 0 Å². The van der Waals surface area contributed by atoms with Crippen LogP contribution in [0.2, 0.25) is 5.02 Å². The Bertz CT molecular complexity index is 698. The van der Waals surface area contributed by atoms with Crippen molar-refractivity contribution in [1.82, 2.24) is 15.5 Å². The van der Waals surface area contributed by atoms with Crippen molar-refractivity contribution in [3.05, 3.63) is 57.2 Å². The Morgan fingerprint density at radius 1 is 1.28 bits per heavy atom. The fourth-order valence-corrected chi connectivity index (χ4v) is 2.84. The van der Waals surface area contributed by atoms with Crippen molar-refractivity contribution in [2.45, 2.75) is 19.5 Å². The van der Waals surface area contributed by atoms with Gasteiger partial charge < -0.3 is 15.5 Å². The SMILES string of the molecule is CC(NC(=NCC(=O)N(C)C)NCc1cccs1)c1ccc(Cl)cc1. The number of hydrogen-bond acceptors (Lipinski definition) is 3. The monoisotopic (exact) mass is 378 g/mol. The molecule has 1 aromatic heterocycles. The van der Waals surface area contributed by atoms with Crippen molar-refractivity contribution >= 4 is 34.8 Å². The number of carbonyl (C=O) groups excluding carboxylic acids is 1. The van der Waals surface area contributed by atoms with Crippen LogP contribution >= 0.6 is 22.9 Å². The average molecular weight is 379 g/mol. The van der Waals surface area contributed by atoms with Crippen molar-refractivity contribution < 1.29 is 4.79 Å². The van der Waals surface area contributed by atoms with Crippen LogP contribution in [0.4, 0.5) is 0 Å². The first-order valence-corrected chi connectivity index (χ1v) is 9.24. The van der Waals surface area contributed by atoms with E-state index >= 15 is 0 Å². The Kier molecular flexibility index (Phi) is 7.28. The molecule has 0 bridgehead atoms. The van der Waals surface area contributed by atoms with Gasteiger partial charge in [0.15, 0.2) is 5.96 Å². The number of nitrogens with zero attached hydrogens (tertiary/aromatic N) is 2. The third kappa shape index (κ3) is 6.40. The zero-order valence-corrected chi connectivity index (χ0v) is 16.2. The number of halogens is 1. The first-order chi connectivity index (χ1) is 12.0. The fraction of sp³-hybridized carbons (Fsp3) is 0.333. The normalized spacial score (nSPS) is 12.6. The van der Waals surface area contributed by atoms with Crippen molar-refractivity contribution in [1.29, 1.82) is 0 Å². The zero-order chi connectivity index (χ0) is 18.2. The van der Waals surface area contributed by atoms with E-state index in [1.807, 2.05) is 42.6 Å². The summed E-state index contributed by atoms with van der Waals surface area (Å²) < 4.78 is 0. The summed E-state index contributed by atoms with van der Waals surface area (Å²) in [6, 6.07) is 11.8. The van der Waals surface area contributed by atoms with Gasteiger partial charge in [-0.2, -0.15) is 0 Å². The topological polar surface area (TPSA) is 56.7 Å². The summed E-state index contributed by atoms with van der Waals surface area (Å²) >= 11 is 7.62. The van der Waals surface area contributed by atoms with Crippen LogP contribution in [0, 0.1) is 0 Å². The van der Waals surface area contributed by atoms with Crippen LogP contribution in [0.15, 0.2) is 46.8 Å². The lowest BCUT2D eigenvalue weighted by Gasteiger charge is -2.19. The van der Waals surface area contributed by atoms with Gasteiger partial charge in [0.1, 0.15) is 6.54 Å². The Balaban J connectivity index is 2.05. The maximum absolute atomic E-state index is 11.8. The molecule has 7 heteroatoms. The Labute approximate surface area is 157 Å². The van der Waals surface area contributed by atoms with E-state index in [4.69, 9.17) is 11.6 Å². The van der Waals surface area contributed by atoms with Gasteiger partial charge in [0, 0.05) is 24.0 Å². The Morgan fingerprint density at radius 3 is 2.60 bits per heavy atom. The summed E-state index contributed by atoms with van der Waals surface area (Å²) in [5, 5.41) is 9.36. The average Bonchev–Trinajstić information content (AvgIpc) is 3.10. The lowest BCUT2D eigenvalue weighted by Crippen LogP contribution is -2.39. The molecule has 25 heavy (non-hydrogen) atoms. The van der Waals surface area contributed by atoms with Crippen LogP contribution in [-0.4, -0.2) is 37.4 Å². The predicted molar refractivity (Wildman–Crippen MR) is 105 cm³/mol. The van der Waals surface area contributed by atoms with Gasteiger partial charge in [0.2, 0.25) is 5.91 Å². The van der Waals surface area contributed by atoms with Crippen molar-refractivity contribution in [3.63, 3.8) is 0 Å². The Morgan fingerprint density at radius 2 is 2.00 bits per heavy atom. The second-order valence-electron chi connectivity index (χ2n) is 5.80. The van der Waals surface area contributed by atoms with E-state index in [1.165, 1.54) is 9.78 Å². The summed E-state index contributed by atoms with van der Waals surface area (Å²) in [6.45, 7) is 2.80. The molecule has 0 saturated heterocycles. The number of amides is 1.